The minimum atomic E-state index is -0.0383. The summed E-state index contributed by atoms with van der Waals surface area (Å²) in [4.78, 5) is 18.6. The fourth-order valence-corrected chi connectivity index (χ4v) is 2.69. The summed E-state index contributed by atoms with van der Waals surface area (Å²) in [7, 11) is 0. The lowest BCUT2D eigenvalue weighted by atomic mass is 10.2. The fraction of sp³-hybridized carbons (Fsp3) is 0.412. The molecule has 6 nitrogen and oxygen atoms in total. The molecule has 1 aromatic carbocycles. The Hall–Kier alpha value is -2.34. The molecule has 0 aliphatic carbocycles. The molecule has 2 heterocycles. The molecular weight excluding hydrogens is 292 g/mol. The number of hydrogen-bond acceptors (Lipinski definition) is 3. The number of carbonyl (C=O) groups excluding carboxylic acids is 1. The molecule has 0 saturated carbocycles. The average molecular weight is 314 g/mol. The van der Waals surface area contributed by atoms with Gasteiger partial charge >= 0.3 is 6.03 Å². The summed E-state index contributed by atoms with van der Waals surface area (Å²) in [5.41, 5.74) is 3.09. The maximum atomic E-state index is 12.4. The summed E-state index contributed by atoms with van der Waals surface area (Å²) >= 11 is 0. The average Bonchev–Trinajstić information content (AvgIpc) is 3.01. The van der Waals surface area contributed by atoms with Crippen LogP contribution in [0.15, 0.2) is 36.7 Å². The number of imidazole rings is 1. The molecule has 0 atom stereocenters. The van der Waals surface area contributed by atoms with Crippen LogP contribution in [0.1, 0.15) is 23.9 Å². The van der Waals surface area contributed by atoms with Gasteiger partial charge in [-0.25, -0.2) is 9.78 Å². The number of aromatic nitrogens is 2. The molecule has 1 N–H and O–H groups in total. The van der Waals surface area contributed by atoms with E-state index in [9.17, 15) is 4.79 Å². The Morgan fingerprint density at radius 3 is 2.91 bits per heavy atom. The number of ether oxygens (including phenoxy) is 1. The maximum Gasteiger partial charge on any atom is 0.318 e. The van der Waals surface area contributed by atoms with Crippen molar-refractivity contribution < 1.29 is 9.53 Å². The second-order valence-electron chi connectivity index (χ2n) is 5.53. The predicted octanol–water partition coefficient (Wildman–Crippen LogP) is 2.14. The van der Waals surface area contributed by atoms with E-state index in [0.29, 0.717) is 32.8 Å². The zero-order valence-corrected chi connectivity index (χ0v) is 13.4. The van der Waals surface area contributed by atoms with Crippen molar-refractivity contribution >= 4 is 6.03 Å². The number of carbonyl (C=O) groups is 1. The van der Waals surface area contributed by atoms with Gasteiger partial charge in [-0.05, 0) is 12.5 Å². The molecule has 0 saturated heterocycles. The Morgan fingerprint density at radius 1 is 1.30 bits per heavy atom. The highest BCUT2D eigenvalue weighted by atomic mass is 16.5. The van der Waals surface area contributed by atoms with Gasteiger partial charge in [0.2, 0.25) is 0 Å². The van der Waals surface area contributed by atoms with Gasteiger partial charge in [0.1, 0.15) is 0 Å². The first-order valence-electron chi connectivity index (χ1n) is 7.95. The van der Waals surface area contributed by atoms with Crippen LogP contribution in [0.25, 0.3) is 0 Å². The van der Waals surface area contributed by atoms with Gasteiger partial charge in [-0.1, -0.05) is 30.3 Å². The van der Waals surface area contributed by atoms with Gasteiger partial charge in [-0.3, -0.25) is 0 Å². The molecule has 1 aromatic heterocycles. The molecular formula is C17H22N4O2. The number of urea groups is 1. The first-order valence-corrected chi connectivity index (χ1v) is 7.95. The molecule has 1 aliphatic heterocycles. The zero-order chi connectivity index (χ0) is 16.1. The quantitative estimate of drug-likeness (QED) is 0.920. The van der Waals surface area contributed by atoms with Gasteiger partial charge in [0.25, 0.3) is 0 Å². The number of nitrogens with one attached hydrogen (secondary N) is 1. The molecule has 0 spiro atoms. The van der Waals surface area contributed by atoms with Gasteiger partial charge in [0.15, 0.2) is 0 Å². The van der Waals surface area contributed by atoms with E-state index in [-0.39, 0.29) is 6.03 Å². The lowest BCUT2D eigenvalue weighted by Crippen LogP contribution is -2.44. The molecule has 1 aliphatic rings. The van der Waals surface area contributed by atoms with Crippen molar-refractivity contribution in [2.24, 2.45) is 0 Å². The molecule has 0 bridgehead atoms. The van der Waals surface area contributed by atoms with Crippen LogP contribution in [-0.2, 0) is 31.0 Å². The van der Waals surface area contributed by atoms with Crippen molar-refractivity contribution in [3.05, 3.63) is 53.6 Å². The third-order valence-corrected chi connectivity index (χ3v) is 4.00. The van der Waals surface area contributed by atoms with Crippen LogP contribution in [-0.4, -0.2) is 33.6 Å². The second-order valence-corrected chi connectivity index (χ2v) is 5.53. The zero-order valence-electron chi connectivity index (χ0n) is 13.4. The van der Waals surface area contributed by atoms with Crippen LogP contribution in [0.5, 0.6) is 0 Å². The molecule has 23 heavy (non-hydrogen) atoms. The smallest absolute Gasteiger partial charge is 0.318 e. The first-order chi connectivity index (χ1) is 11.3. The van der Waals surface area contributed by atoms with E-state index in [1.54, 1.807) is 0 Å². The van der Waals surface area contributed by atoms with Crippen LogP contribution in [0.2, 0.25) is 0 Å². The third-order valence-electron chi connectivity index (χ3n) is 4.00. The summed E-state index contributed by atoms with van der Waals surface area (Å²) in [6, 6.07) is 9.89. The normalized spacial score (nSPS) is 13.7. The third kappa shape index (κ3) is 3.71. The molecule has 0 radical (unpaired) electrons. The molecule has 2 amide bonds. The number of benzene rings is 1. The minimum absolute atomic E-state index is 0.0383. The Labute approximate surface area is 136 Å². The van der Waals surface area contributed by atoms with Crippen LogP contribution in [0, 0.1) is 0 Å². The number of fused-ring (bicyclic) bond motifs is 1. The van der Waals surface area contributed by atoms with E-state index in [1.165, 1.54) is 0 Å². The van der Waals surface area contributed by atoms with Gasteiger partial charge < -0.3 is 19.5 Å². The Balaban J connectivity index is 1.59. The SMILES string of the molecule is CCOCc1ncn2c1CN(C(=O)NCc1ccccc1)CC2. The highest BCUT2D eigenvalue weighted by Crippen LogP contribution is 2.17. The fourth-order valence-electron chi connectivity index (χ4n) is 2.69. The highest BCUT2D eigenvalue weighted by molar-refractivity contribution is 5.74. The summed E-state index contributed by atoms with van der Waals surface area (Å²) in [5, 5.41) is 2.98. The molecule has 122 valence electrons. The number of nitrogens with zero attached hydrogens (tertiary/aromatic N) is 3. The van der Waals surface area contributed by atoms with E-state index in [0.717, 1.165) is 23.5 Å². The standard InChI is InChI=1S/C17H22N4O2/c1-2-23-12-15-16-11-20(8-9-21(16)13-19-15)17(22)18-10-14-6-4-3-5-7-14/h3-7,13H,2,8-12H2,1H3,(H,18,22). The van der Waals surface area contributed by atoms with Gasteiger partial charge in [0, 0.05) is 26.2 Å². The molecule has 6 heteroatoms. The highest BCUT2D eigenvalue weighted by Gasteiger charge is 2.23. The van der Waals surface area contributed by atoms with Crippen LogP contribution in [0.3, 0.4) is 0 Å². The Bertz CT molecular complexity index is 654. The van der Waals surface area contributed by atoms with Crippen LogP contribution in [0.4, 0.5) is 4.79 Å². The topological polar surface area (TPSA) is 59.4 Å². The van der Waals surface area contributed by atoms with Crippen molar-refractivity contribution in [2.75, 3.05) is 13.2 Å². The summed E-state index contributed by atoms with van der Waals surface area (Å²) < 4.78 is 7.56. The lowest BCUT2D eigenvalue weighted by Gasteiger charge is -2.29. The van der Waals surface area contributed by atoms with Crippen molar-refractivity contribution in [1.82, 2.24) is 19.8 Å². The van der Waals surface area contributed by atoms with Crippen molar-refractivity contribution in [3.63, 3.8) is 0 Å². The lowest BCUT2D eigenvalue weighted by molar-refractivity contribution is 0.129. The second kappa shape index (κ2) is 7.28. The van der Waals surface area contributed by atoms with E-state index in [4.69, 9.17) is 4.74 Å². The Kier molecular flexibility index (Phi) is 4.92. The largest absolute Gasteiger partial charge is 0.375 e. The molecule has 0 unspecified atom stereocenters. The van der Waals surface area contributed by atoms with Crippen molar-refractivity contribution in [2.45, 2.75) is 33.2 Å². The van der Waals surface area contributed by atoms with E-state index >= 15 is 0 Å². The number of hydrogen-bond donors (Lipinski definition) is 1. The molecule has 0 fully saturated rings. The van der Waals surface area contributed by atoms with Crippen molar-refractivity contribution in [3.8, 4) is 0 Å². The van der Waals surface area contributed by atoms with Crippen molar-refractivity contribution in [1.29, 1.82) is 0 Å². The van der Waals surface area contributed by atoms with Gasteiger partial charge in [-0.15, -0.1) is 0 Å². The van der Waals surface area contributed by atoms with E-state index < -0.39 is 0 Å². The maximum absolute atomic E-state index is 12.4. The summed E-state index contributed by atoms with van der Waals surface area (Å²) in [5.74, 6) is 0. The van der Waals surface area contributed by atoms with Gasteiger partial charge in [-0.2, -0.15) is 0 Å². The summed E-state index contributed by atoms with van der Waals surface area (Å²) in [6.45, 7) is 5.70. The van der Waals surface area contributed by atoms with E-state index in [1.807, 2.05) is 48.5 Å². The molecule has 2 aromatic rings. The number of amides is 2. The van der Waals surface area contributed by atoms with Crippen LogP contribution >= 0.6 is 0 Å². The van der Waals surface area contributed by atoms with E-state index in [2.05, 4.69) is 14.9 Å². The summed E-state index contributed by atoms with van der Waals surface area (Å²) in [6.07, 6.45) is 1.84. The predicted molar refractivity (Wildman–Crippen MR) is 86.6 cm³/mol. The Morgan fingerprint density at radius 2 is 2.13 bits per heavy atom. The molecule has 3 rings (SSSR count). The van der Waals surface area contributed by atoms with Crippen LogP contribution < -0.4 is 5.32 Å². The number of rotatable bonds is 5. The minimum Gasteiger partial charge on any atom is -0.375 e. The van der Waals surface area contributed by atoms with Gasteiger partial charge in [0.05, 0.1) is 30.9 Å². The first kappa shape index (κ1) is 15.6. The monoisotopic (exact) mass is 314 g/mol.